The molecule has 0 radical (unpaired) electrons. The minimum absolute atomic E-state index is 0.0271. The number of hydrogen-bond acceptors (Lipinski definition) is 4. The molecule has 1 aliphatic carbocycles. The van der Waals surface area contributed by atoms with E-state index in [-0.39, 0.29) is 18.1 Å². The van der Waals surface area contributed by atoms with Crippen molar-refractivity contribution < 1.29 is 14.6 Å². The molecule has 0 atom stereocenters. The van der Waals surface area contributed by atoms with Crippen LogP contribution < -0.4 is 5.32 Å². The first-order valence-corrected chi connectivity index (χ1v) is 8.05. The molecule has 21 heavy (non-hydrogen) atoms. The number of nitrogens with one attached hydrogen (secondary N) is 1. The van der Waals surface area contributed by atoms with E-state index in [0.717, 1.165) is 29.7 Å². The van der Waals surface area contributed by atoms with Gasteiger partial charge in [0.05, 0.1) is 25.2 Å². The summed E-state index contributed by atoms with van der Waals surface area (Å²) < 4.78 is 5.47. The highest BCUT2D eigenvalue weighted by Crippen LogP contribution is 2.37. The second-order valence-corrected chi connectivity index (χ2v) is 6.23. The van der Waals surface area contributed by atoms with Gasteiger partial charge in [0, 0.05) is 24.0 Å². The summed E-state index contributed by atoms with van der Waals surface area (Å²) >= 11 is 1.58. The molecular formula is C16H21NO3S. The Bertz CT molecular complexity index is 532. The van der Waals surface area contributed by atoms with Crippen LogP contribution in [0.25, 0.3) is 0 Å². The average molecular weight is 307 g/mol. The first kappa shape index (κ1) is 16.0. The van der Waals surface area contributed by atoms with Crippen LogP contribution in [-0.4, -0.2) is 30.3 Å². The van der Waals surface area contributed by atoms with Crippen LogP contribution in [0, 0.1) is 11.8 Å². The first-order valence-electron chi connectivity index (χ1n) is 7.17. The monoisotopic (exact) mass is 307 g/mol. The lowest BCUT2D eigenvalue weighted by Gasteiger charge is -2.39. The molecule has 0 saturated heterocycles. The second kappa shape index (κ2) is 7.60. The van der Waals surface area contributed by atoms with Crippen molar-refractivity contribution in [3.8, 4) is 11.8 Å². The Morgan fingerprint density at radius 1 is 1.57 bits per heavy atom. The van der Waals surface area contributed by atoms with Gasteiger partial charge in [0.2, 0.25) is 5.91 Å². The summed E-state index contributed by atoms with van der Waals surface area (Å²) in [4.78, 5) is 13.1. The van der Waals surface area contributed by atoms with Crippen LogP contribution in [-0.2, 0) is 16.1 Å². The number of carbonyl (C=O) groups excluding carboxylic acids is 1. The zero-order valence-corrected chi connectivity index (χ0v) is 13.1. The molecule has 1 fully saturated rings. The van der Waals surface area contributed by atoms with Crippen molar-refractivity contribution in [2.75, 3.05) is 13.7 Å². The summed E-state index contributed by atoms with van der Waals surface area (Å²) in [7, 11) is 1.68. The maximum atomic E-state index is 12.0. The van der Waals surface area contributed by atoms with Gasteiger partial charge in [-0.05, 0) is 30.7 Å². The number of rotatable bonds is 6. The fourth-order valence-corrected chi connectivity index (χ4v) is 3.13. The van der Waals surface area contributed by atoms with Gasteiger partial charge < -0.3 is 15.2 Å². The maximum Gasteiger partial charge on any atom is 0.223 e. The van der Waals surface area contributed by atoms with Crippen molar-refractivity contribution in [1.29, 1.82) is 0 Å². The molecule has 114 valence electrons. The number of aliphatic hydroxyl groups is 1. The molecule has 2 N–H and O–H groups in total. The Kier molecular flexibility index (Phi) is 5.80. The average Bonchev–Trinajstić information content (AvgIpc) is 2.88. The van der Waals surface area contributed by atoms with E-state index in [4.69, 9.17) is 9.84 Å². The normalized spacial score (nSPS) is 15.7. The standard InChI is InChI=1S/C16H21NO3S/c1-20-16(7-4-8-16)11-15(19)17-12-14-13(6-10-21-14)5-2-3-9-18/h6,10,18H,3-4,7-9,11-12H2,1H3,(H,17,19). The number of aliphatic hydroxyl groups excluding tert-OH is 1. The van der Waals surface area contributed by atoms with Crippen LogP contribution in [0.5, 0.6) is 0 Å². The molecule has 0 aliphatic heterocycles. The summed E-state index contributed by atoms with van der Waals surface area (Å²) in [6, 6.07) is 1.94. The number of methoxy groups -OCH3 is 1. The molecule has 0 bridgehead atoms. The zero-order chi connectivity index (χ0) is 15.1. The number of hydrogen-bond donors (Lipinski definition) is 2. The van der Waals surface area contributed by atoms with E-state index in [1.54, 1.807) is 18.4 Å². The fourth-order valence-electron chi connectivity index (χ4n) is 2.36. The smallest absolute Gasteiger partial charge is 0.223 e. The van der Waals surface area contributed by atoms with Gasteiger partial charge in [-0.25, -0.2) is 0 Å². The van der Waals surface area contributed by atoms with Gasteiger partial charge in [-0.1, -0.05) is 11.8 Å². The summed E-state index contributed by atoms with van der Waals surface area (Å²) in [5.74, 6) is 5.96. The van der Waals surface area contributed by atoms with Crippen molar-refractivity contribution >= 4 is 17.2 Å². The van der Waals surface area contributed by atoms with Crippen LogP contribution in [0.1, 0.15) is 42.5 Å². The molecule has 4 nitrogen and oxygen atoms in total. The van der Waals surface area contributed by atoms with Crippen molar-refractivity contribution in [3.63, 3.8) is 0 Å². The van der Waals surface area contributed by atoms with E-state index >= 15 is 0 Å². The highest BCUT2D eigenvalue weighted by molar-refractivity contribution is 7.10. The Hall–Kier alpha value is -1.35. The van der Waals surface area contributed by atoms with Gasteiger partial charge in [0.15, 0.2) is 0 Å². The van der Waals surface area contributed by atoms with Crippen LogP contribution >= 0.6 is 11.3 Å². The Balaban J connectivity index is 1.84. The van der Waals surface area contributed by atoms with E-state index in [1.807, 2.05) is 11.4 Å². The number of carbonyl (C=O) groups is 1. The minimum atomic E-state index is -0.233. The minimum Gasteiger partial charge on any atom is -0.395 e. The quantitative estimate of drug-likeness (QED) is 0.791. The van der Waals surface area contributed by atoms with Crippen LogP contribution in [0.15, 0.2) is 11.4 Å². The second-order valence-electron chi connectivity index (χ2n) is 5.23. The van der Waals surface area contributed by atoms with E-state index in [0.29, 0.717) is 19.4 Å². The Morgan fingerprint density at radius 2 is 2.38 bits per heavy atom. The topological polar surface area (TPSA) is 58.6 Å². The van der Waals surface area contributed by atoms with Crippen LogP contribution in [0.2, 0.25) is 0 Å². The van der Waals surface area contributed by atoms with Gasteiger partial charge >= 0.3 is 0 Å². The van der Waals surface area contributed by atoms with Crippen LogP contribution in [0.4, 0.5) is 0 Å². The highest BCUT2D eigenvalue weighted by Gasteiger charge is 2.38. The lowest BCUT2D eigenvalue weighted by Crippen LogP contribution is -2.43. The summed E-state index contributed by atoms with van der Waals surface area (Å²) in [6.45, 7) is 0.571. The number of thiophene rings is 1. The highest BCUT2D eigenvalue weighted by atomic mass is 32.1. The van der Waals surface area contributed by atoms with Crippen molar-refractivity contribution in [2.24, 2.45) is 0 Å². The lowest BCUT2D eigenvalue weighted by molar-refractivity contribution is -0.134. The summed E-state index contributed by atoms with van der Waals surface area (Å²) in [6.07, 6.45) is 3.97. The first-order chi connectivity index (χ1) is 10.2. The predicted molar refractivity (Wildman–Crippen MR) is 83.0 cm³/mol. The Labute approximate surface area is 129 Å². The van der Waals surface area contributed by atoms with Gasteiger partial charge in [-0.15, -0.1) is 11.3 Å². The van der Waals surface area contributed by atoms with Crippen molar-refractivity contribution in [2.45, 2.75) is 44.2 Å². The van der Waals surface area contributed by atoms with Crippen molar-refractivity contribution in [3.05, 3.63) is 21.9 Å². The Morgan fingerprint density at radius 3 is 3.00 bits per heavy atom. The van der Waals surface area contributed by atoms with E-state index in [2.05, 4.69) is 17.2 Å². The van der Waals surface area contributed by atoms with Crippen LogP contribution in [0.3, 0.4) is 0 Å². The number of ether oxygens (including phenoxy) is 1. The largest absolute Gasteiger partial charge is 0.395 e. The third kappa shape index (κ3) is 4.31. The molecule has 1 heterocycles. The van der Waals surface area contributed by atoms with Gasteiger partial charge in [0.25, 0.3) is 0 Å². The molecule has 5 heteroatoms. The maximum absolute atomic E-state index is 12.0. The number of amides is 1. The van der Waals surface area contributed by atoms with Crippen molar-refractivity contribution in [1.82, 2.24) is 5.32 Å². The molecule has 0 unspecified atom stereocenters. The third-order valence-electron chi connectivity index (χ3n) is 3.83. The third-order valence-corrected chi connectivity index (χ3v) is 4.75. The molecule has 1 aromatic rings. The SMILES string of the molecule is COC1(CC(=O)NCc2sccc2C#CCCO)CCC1. The molecule has 1 amide bonds. The van der Waals surface area contributed by atoms with Gasteiger partial charge in [-0.2, -0.15) is 0 Å². The zero-order valence-electron chi connectivity index (χ0n) is 12.3. The van der Waals surface area contributed by atoms with Gasteiger partial charge in [-0.3, -0.25) is 4.79 Å². The molecule has 0 aromatic carbocycles. The lowest BCUT2D eigenvalue weighted by atomic mass is 9.77. The summed E-state index contributed by atoms with van der Waals surface area (Å²) in [5, 5.41) is 13.6. The van der Waals surface area contributed by atoms with E-state index in [1.165, 1.54) is 0 Å². The molecule has 1 saturated carbocycles. The van der Waals surface area contributed by atoms with E-state index in [9.17, 15) is 4.79 Å². The molecule has 1 aliphatic rings. The van der Waals surface area contributed by atoms with E-state index < -0.39 is 0 Å². The van der Waals surface area contributed by atoms with Gasteiger partial charge in [0.1, 0.15) is 0 Å². The molecule has 2 rings (SSSR count). The molecular weight excluding hydrogens is 286 g/mol. The fraction of sp³-hybridized carbons (Fsp3) is 0.562. The predicted octanol–water partition coefficient (Wildman–Crippen LogP) is 2.06. The molecule has 0 spiro atoms. The summed E-state index contributed by atoms with van der Waals surface area (Å²) in [5.41, 5.74) is 0.697. The molecule has 1 aromatic heterocycles.